The van der Waals surface area contributed by atoms with Gasteiger partial charge >= 0.3 is 0 Å². The predicted molar refractivity (Wildman–Crippen MR) is 72.0 cm³/mol. The molecular formula is C14H23NO3. The Morgan fingerprint density at radius 3 is 2.39 bits per heavy atom. The highest BCUT2D eigenvalue weighted by atomic mass is 16.5. The minimum Gasteiger partial charge on any atom is -0.491 e. The minimum atomic E-state index is -0.584. The van der Waals surface area contributed by atoms with E-state index in [0.717, 1.165) is 16.9 Å². The molecule has 0 bridgehead atoms. The van der Waals surface area contributed by atoms with E-state index >= 15 is 0 Å². The van der Waals surface area contributed by atoms with E-state index < -0.39 is 6.10 Å². The van der Waals surface area contributed by atoms with Gasteiger partial charge < -0.3 is 20.3 Å². The number of nitrogens with one attached hydrogen (secondary N) is 1. The van der Waals surface area contributed by atoms with Crippen LogP contribution in [0.5, 0.6) is 5.75 Å². The molecule has 0 radical (unpaired) electrons. The lowest BCUT2D eigenvalue weighted by Gasteiger charge is -2.16. The summed E-state index contributed by atoms with van der Waals surface area (Å²) < 4.78 is 5.54. The van der Waals surface area contributed by atoms with E-state index in [-0.39, 0.29) is 19.3 Å². The Labute approximate surface area is 109 Å². The maximum absolute atomic E-state index is 9.72. The second kappa shape index (κ2) is 7.36. The van der Waals surface area contributed by atoms with Crippen LogP contribution in [0.15, 0.2) is 18.2 Å². The number of ether oxygens (including phenoxy) is 1. The van der Waals surface area contributed by atoms with Crippen molar-refractivity contribution in [3.8, 4) is 5.75 Å². The van der Waals surface area contributed by atoms with Crippen molar-refractivity contribution in [1.29, 1.82) is 0 Å². The largest absolute Gasteiger partial charge is 0.491 e. The minimum absolute atomic E-state index is 0.0131. The fraction of sp³-hybridized carbons (Fsp3) is 0.571. The highest BCUT2D eigenvalue weighted by Gasteiger charge is 2.07. The molecular weight excluding hydrogens is 230 g/mol. The van der Waals surface area contributed by atoms with Gasteiger partial charge in [0, 0.05) is 12.6 Å². The Bertz CT molecular complexity index is 348. The number of benzene rings is 1. The lowest BCUT2D eigenvalue weighted by atomic mass is 10.1. The Morgan fingerprint density at radius 2 is 1.83 bits per heavy atom. The van der Waals surface area contributed by atoms with E-state index in [2.05, 4.69) is 11.4 Å². The number of hydrogen-bond donors (Lipinski definition) is 3. The normalized spacial score (nSPS) is 14.3. The van der Waals surface area contributed by atoms with E-state index in [9.17, 15) is 5.11 Å². The Kier molecular flexibility index (Phi) is 6.12. The molecule has 0 fully saturated rings. The van der Waals surface area contributed by atoms with Crippen LogP contribution in [-0.2, 0) is 0 Å². The molecule has 0 saturated carbocycles. The van der Waals surface area contributed by atoms with Crippen molar-refractivity contribution in [2.24, 2.45) is 0 Å². The van der Waals surface area contributed by atoms with Crippen LogP contribution in [0.2, 0.25) is 0 Å². The van der Waals surface area contributed by atoms with E-state index in [4.69, 9.17) is 9.84 Å². The summed E-state index contributed by atoms with van der Waals surface area (Å²) in [6, 6.07) is 5.96. The van der Waals surface area contributed by atoms with E-state index in [1.54, 1.807) is 0 Å². The van der Waals surface area contributed by atoms with Gasteiger partial charge in [-0.25, -0.2) is 0 Å². The highest BCUT2D eigenvalue weighted by Crippen LogP contribution is 2.16. The van der Waals surface area contributed by atoms with Gasteiger partial charge in [-0.2, -0.15) is 0 Å². The van der Waals surface area contributed by atoms with Crippen molar-refractivity contribution in [3.63, 3.8) is 0 Å². The van der Waals surface area contributed by atoms with Crippen LogP contribution >= 0.6 is 0 Å². The molecule has 4 heteroatoms. The molecule has 0 aliphatic carbocycles. The van der Waals surface area contributed by atoms with E-state index in [0.29, 0.717) is 6.54 Å². The number of aliphatic hydroxyl groups is 2. The van der Waals surface area contributed by atoms with E-state index in [1.165, 1.54) is 0 Å². The molecule has 0 heterocycles. The lowest BCUT2D eigenvalue weighted by Crippen LogP contribution is -2.38. The van der Waals surface area contributed by atoms with Crippen molar-refractivity contribution in [2.45, 2.75) is 32.9 Å². The molecule has 4 nitrogen and oxygen atoms in total. The molecule has 0 saturated heterocycles. The lowest BCUT2D eigenvalue weighted by molar-refractivity contribution is 0.101. The van der Waals surface area contributed by atoms with E-state index in [1.807, 2.05) is 32.9 Å². The zero-order chi connectivity index (χ0) is 13.5. The van der Waals surface area contributed by atoms with Crippen LogP contribution in [0, 0.1) is 13.8 Å². The molecule has 0 aliphatic rings. The van der Waals surface area contributed by atoms with Crippen molar-refractivity contribution in [3.05, 3.63) is 29.3 Å². The fourth-order valence-corrected chi connectivity index (χ4v) is 1.67. The van der Waals surface area contributed by atoms with Crippen LogP contribution < -0.4 is 10.1 Å². The quantitative estimate of drug-likeness (QED) is 0.679. The van der Waals surface area contributed by atoms with Crippen LogP contribution in [-0.4, -0.2) is 42.1 Å². The second-order valence-corrected chi connectivity index (χ2v) is 4.78. The van der Waals surface area contributed by atoms with Gasteiger partial charge in [0.2, 0.25) is 0 Å². The number of aryl methyl sites for hydroxylation is 2. The maximum atomic E-state index is 9.72. The summed E-state index contributed by atoms with van der Waals surface area (Å²) in [6.45, 7) is 6.60. The first kappa shape index (κ1) is 15.0. The zero-order valence-corrected chi connectivity index (χ0v) is 11.3. The SMILES string of the molecule is Cc1cc(C)cc(OCC(O)CNC(C)CO)c1. The standard InChI is InChI=1S/C14H23NO3/c1-10-4-11(2)6-14(5-10)18-9-13(17)7-15-12(3)8-16/h4-6,12-13,15-17H,7-9H2,1-3H3. The van der Waals surface area contributed by atoms with Gasteiger partial charge in [-0.15, -0.1) is 0 Å². The Balaban J connectivity index is 2.35. The molecule has 102 valence electrons. The first-order chi connectivity index (χ1) is 8.51. The molecule has 2 unspecified atom stereocenters. The summed E-state index contributed by atoms with van der Waals surface area (Å²) in [5.74, 6) is 0.779. The van der Waals surface area contributed by atoms with Gasteiger partial charge in [0.25, 0.3) is 0 Å². The Hall–Kier alpha value is -1.10. The van der Waals surface area contributed by atoms with Crippen molar-refractivity contribution >= 4 is 0 Å². The molecule has 3 N–H and O–H groups in total. The second-order valence-electron chi connectivity index (χ2n) is 4.78. The van der Waals surface area contributed by atoms with Crippen LogP contribution in [0.3, 0.4) is 0 Å². The number of rotatable bonds is 7. The summed E-state index contributed by atoms with van der Waals surface area (Å²) in [4.78, 5) is 0. The third-order valence-corrected chi connectivity index (χ3v) is 2.61. The first-order valence-corrected chi connectivity index (χ1v) is 6.24. The average Bonchev–Trinajstić information content (AvgIpc) is 2.32. The van der Waals surface area contributed by atoms with Crippen LogP contribution in [0.4, 0.5) is 0 Å². The molecule has 0 amide bonds. The molecule has 2 atom stereocenters. The summed E-state index contributed by atoms with van der Waals surface area (Å²) >= 11 is 0. The van der Waals surface area contributed by atoms with Gasteiger partial charge in [0.15, 0.2) is 0 Å². The van der Waals surface area contributed by atoms with Crippen molar-refractivity contribution in [1.82, 2.24) is 5.32 Å². The van der Waals surface area contributed by atoms with Crippen molar-refractivity contribution < 1.29 is 14.9 Å². The molecule has 18 heavy (non-hydrogen) atoms. The predicted octanol–water partition coefficient (Wildman–Crippen LogP) is 1.01. The molecule has 0 aliphatic heterocycles. The molecule has 1 rings (SSSR count). The number of aliphatic hydroxyl groups excluding tert-OH is 2. The zero-order valence-electron chi connectivity index (χ0n) is 11.3. The third-order valence-electron chi connectivity index (χ3n) is 2.61. The topological polar surface area (TPSA) is 61.7 Å². The van der Waals surface area contributed by atoms with Crippen LogP contribution in [0.1, 0.15) is 18.1 Å². The summed E-state index contributed by atoms with van der Waals surface area (Å²) in [5.41, 5.74) is 2.29. The van der Waals surface area contributed by atoms with Crippen molar-refractivity contribution in [2.75, 3.05) is 19.8 Å². The summed E-state index contributed by atoms with van der Waals surface area (Å²) in [6.07, 6.45) is -0.584. The van der Waals surface area contributed by atoms with Gasteiger partial charge in [0.1, 0.15) is 18.5 Å². The van der Waals surface area contributed by atoms with Gasteiger partial charge in [-0.1, -0.05) is 6.07 Å². The van der Waals surface area contributed by atoms with Gasteiger partial charge in [0.05, 0.1) is 6.61 Å². The monoisotopic (exact) mass is 253 g/mol. The first-order valence-electron chi connectivity index (χ1n) is 6.24. The smallest absolute Gasteiger partial charge is 0.119 e. The van der Waals surface area contributed by atoms with Gasteiger partial charge in [-0.05, 0) is 44.0 Å². The summed E-state index contributed by atoms with van der Waals surface area (Å²) in [7, 11) is 0. The molecule has 1 aromatic rings. The third kappa shape index (κ3) is 5.49. The van der Waals surface area contributed by atoms with Gasteiger partial charge in [-0.3, -0.25) is 0 Å². The highest BCUT2D eigenvalue weighted by molar-refractivity contribution is 5.32. The maximum Gasteiger partial charge on any atom is 0.119 e. The summed E-state index contributed by atoms with van der Waals surface area (Å²) in [5, 5.41) is 21.6. The number of hydrogen-bond acceptors (Lipinski definition) is 4. The molecule has 1 aromatic carbocycles. The fourth-order valence-electron chi connectivity index (χ4n) is 1.67. The Morgan fingerprint density at radius 1 is 1.22 bits per heavy atom. The average molecular weight is 253 g/mol. The molecule has 0 aromatic heterocycles. The molecule has 0 spiro atoms. The van der Waals surface area contributed by atoms with Crippen LogP contribution in [0.25, 0.3) is 0 Å².